The van der Waals surface area contributed by atoms with Gasteiger partial charge in [-0.3, -0.25) is 19.3 Å². The lowest BCUT2D eigenvalue weighted by Gasteiger charge is -2.13. The number of imide groups is 1. The van der Waals surface area contributed by atoms with Crippen LogP contribution in [-0.2, 0) is 23.9 Å². The molecule has 0 radical (unpaired) electrons. The Bertz CT molecular complexity index is 368. The average molecular weight is 240 g/mol. The third kappa shape index (κ3) is 4.06. The predicted octanol–water partition coefficient (Wildman–Crippen LogP) is -2.02. The molecule has 0 unspecified atom stereocenters. The molecule has 0 N–H and O–H groups in total. The van der Waals surface area contributed by atoms with E-state index < -0.39 is 30.2 Å². The van der Waals surface area contributed by atoms with Crippen LogP contribution >= 0.6 is 0 Å². The van der Waals surface area contributed by atoms with E-state index in [1.807, 2.05) is 0 Å². The lowest BCUT2D eigenvalue weighted by Crippen LogP contribution is -2.33. The summed E-state index contributed by atoms with van der Waals surface area (Å²) in [6.45, 7) is -0.188. The van der Waals surface area contributed by atoms with E-state index in [0.717, 1.165) is 17.1 Å². The van der Waals surface area contributed by atoms with Gasteiger partial charge in [-0.2, -0.15) is 0 Å². The zero-order valence-corrected chi connectivity index (χ0v) is 8.88. The number of aliphatic carboxylic acids is 1. The first kappa shape index (κ1) is 12.9. The topological polar surface area (TPSA) is 104 Å². The molecule has 1 aliphatic rings. The minimum atomic E-state index is -1.34. The van der Waals surface area contributed by atoms with Crippen molar-refractivity contribution in [1.29, 1.82) is 0 Å². The number of carboxylic acids is 1. The van der Waals surface area contributed by atoms with Crippen molar-refractivity contribution in [2.24, 2.45) is 0 Å². The average Bonchev–Trinajstić information content (AvgIpc) is 2.57. The maximum absolute atomic E-state index is 11.1. The second-order valence-electron chi connectivity index (χ2n) is 3.25. The van der Waals surface area contributed by atoms with Gasteiger partial charge >= 0.3 is 5.97 Å². The number of ether oxygens (including phenoxy) is 1. The molecule has 7 heteroatoms. The Balaban J connectivity index is 2.20. The third-order valence-corrected chi connectivity index (χ3v) is 2.01. The van der Waals surface area contributed by atoms with E-state index in [4.69, 9.17) is 0 Å². The molecule has 1 rings (SSSR count). The van der Waals surface area contributed by atoms with Gasteiger partial charge in [0, 0.05) is 18.1 Å². The van der Waals surface area contributed by atoms with Crippen molar-refractivity contribution in [2.45, 2.75) is 12.8 Å². The Labute approximate surface area is 96.6 Å². The smallest absolute Gasteiger partial charge is 0.306 e. The number of hydrogen-bond donors (Lipinski definition) is 0. The van der Waals surface area contributed by atoms with E-state index in [9.17, 15) is 24.3 Å². The second-order valence-corrected chi connectivity index (χ2v) is 3.25. The Morgan fingerprint density at radius 2 is 1.76 bits per heavy atom. The van der Waals surface area contributed by atoms with E-state index in [2.05, 4.69) is 4.74 Å². The van der Waals surface area contributed by atoms with Gasteiger partial charge in [0.15, 0.2) is 0 Å². The van der Waals surface area contributed by atoms with Crippen molar-refractivity contribution >= 4 is 23.8 Å². The van der Waals surface area contributed by atoms with E-state index >= 15 is 0 Å². The van der Waals surface area contributed by atoms with Crippen molar-refractivity contribution < 1.29 is 29.0 Å². The number of esters is 1. The van der Waals surface area contributed by atoms with Crippen LogP contribution in [0.4, 0.5) is 0 Å². The minimum absolute atomic E-state index is 0.0400. The molecule has 0 spiro atoms. The van der Waals surface area contributed by atoms with Crippen LogP contribution in [0.2, 0.25) is 0 Å². The molecule has 0 atom stereocenters. The minimum Gasteiger partial charge on any atom is -0.550 e. The monoisotopic (exact) mass is 240 g/mol. The van der Waals surface area contributed by atoms with Crippen LogP contribution in [0.5, 0.6) is 0 Å². The van der Waals surface area contributed by atoms with Crippen LogP contribution in [-0.4, -0.2) is 41.8 Å². The van der Waals surface area contributed by atoms with Gasteiger partial charge < -0.3 is 14.6 Å². The first-order valence-corrected chi connectivity index (χ1v) is 4.89. The van der Waals surface area contributed by atoms with Crippen molar-refractivity contribution in [2.75, 3.05) is 13.2 Å². The summed E-state index contributed by atoms with van der Waals surface area (Å²) in [6, 6.07) is 0. The summed E-state index contributed by atoms with van der Waals surface area (Å²) >= 11 is 0. The summed E-state index contributed by atoms with van der Waals surface area (Å²) in [7, 11) is 0. The van der Waals surface area contributed by atoms with Crippen molar-refractivity contribution in [3.05, 3.63) is 12.2 Å². The van der Waals surface area contributed by atoms with Crippen molar-refractivity contribution in [3.8, 4) is 0 Å². The molecule has 0 bridgehead atoms. The van der Waals surface area contributed by atoms with Gasteiger partial charge in [0.05, 0.1) is 13.0 Å². The highest BCUT2D eigenvalue weighted by Crippen LogP contribution is 2.02. The van der Waals surface area contributed by atoms with Gasteiger partial charge in [-0.05, 0) is 6.42 Å². The molecule has 0 aromatic heterocycles. The van der Waals surface area contributed by atoms with Gasteiger partial charge in [-0.25, -0.2) is 0 Å². The van der Waals surface area contributed by atoms with Crippen LogP contribution in [0, 0.1) is 0 Å². The maximum atomic E-state index is 11.1. The first-order valence-electron chi connectivity index (χ1n) is 4.89. The molecule has 17 heavy (non-hydrogen) atoms. The zero-order chi connectivity index (χ0) is 12.8. The standard InChI is InChI=1S/C10H11NO6/c12-7-1-2-8(13)11(7)5-6-17-10(16)4-3-9(14)15/h1-2H,3-6H2,(H,14,15)/p-1. The van der Waals surface area contributed by atoms with Crippen molar-refractivity contribution in [1.82, 2.24) is 4.90 Å². The lowest BCUT2D eigenvalue weighted by molar-refractivity contribution is -0.305. The van der Waals surface area contributed by atoms with Crippen LogP contribution in [0.15, 0.2) is 12.2 Å². The highest BCUT2D eigenvalue weighted by Gasteiger charge is 2.22. The highest BCUT2D eigenvalue weighted by molar-refractivity contribution is 6.12. The molecule has 1 heterocycles. The van der Waals surface area contributed by atoms with Gasteiger partial charge in [0.1, 0.15) is 6.61 Å². The van der Waals surface area contributed by atoms with Gasteiger partial charge in [0.25, 0.3) is 11.8 Å². The molecule has 0 fully saturated rings. The number of hydrogen-bond acceptors (Lipinski definition) is 6. The van der Waals surface area contributed by atoms with E-state index in [-0.39, 0.29) is 19.6 Å². The number of rotatable bonds is 6. The Kier molecular flexibility index (Phi) is 4.38. The quantitative estimate of drug-likeness (QED) is 0.392. The van der Waals surface area contributed by atoms with Crippen molar-refractivity contribution in [3.63, 3.8) is 0 Å². The fraction of sp³-hybridized carbons (Fsp3) is 0.400. The summed E-state index contributed by atoms with van der Waals surface area (Å²) < 4.78 is 4.65. The predicted molar refractivity (Wildman–Crippen MR) is 51.1 cm³/mol. The summed E-state index contributed by atoms with van der Waals surface area (Å²) in [6.07, 6.45) is 1.55. The van der Waals surface area contributed by atoms with E-state index in [0.29, 0.717) is 0 Å². The first-order chi connectivity index (χ1) is 8.00. The van der Waals surface area contributed by atoms with Gasteiger partial charge in [-0.15, -0.1) is 0 Å². The molecule has 0 aromatic carbocycles. The third-order valence-electron chi connectivity index (χ3n) is 2.01. The molecule has 1 aliphatic heterocycles. The Morgan fingerprint density at radius 3 is 2.29 bits per heavy atom. The van der Waals surface area contributed by atoms with Gasteiger partial charge in [0.2, 0.25) is 0 Å². The van der Waals surface area contributed by atoms with E-state index in [1.165, 1.54) is 0 Å². The maximum Gasteiger partial charge on any atom is 0.306 e. The molecular weight excluding hydrogens is 230 g/mol. The van der Waals surface area contributed by atoms with E-state index in [1.54, 1.807) is 0 Å². The number of amides is 2. The Hall–Kier alpha value is -2.18. The van der Waals surface area contributed by atoms with Gasteiger partial charge in [-0.1, -0.05) is 0 Å². The highest BCUT2D eigenvalue weighted by atomic mass is 16.5. The van der Waals surface area contributed by atoms with Crippen LogP contribution in [0.25, 0.3) is 0 Å². The molecule has 0 saturated carbocycles. The van der Waals surface area contributed by atoms with Crippen LogP contribution < -0.4 is 5.11 Å². The number of carboxylic acid groups (broad SMARTS) is 1. The fourth-order valence-electron chi connectivity index (χ4n) is 1.18. The zero-order valence-electron chi connectivity index (χ0n) is 8.88. The normalized spacial score (nSPS) is 14.2. The van der Waals surface area contributed by atoms with Crippen LogP contribution in [0.1, 0.15) is 12.8 Å². The summed E-state index contributed by atoms with van der Waals surface area (Å²) in [5.74, 6) is -2.96. The summed E-state index contributed by atoms with van der Waals surface area (Å²) in [5, 5.41) is 10.0. The molecular formula is C10H10NO6-. The number of nitrogens with zero attached hydrogens (tertiary/aromatic N) is 1. The number of carbonyl (C=O) groups is 4. The molecule has 0 aliphatic carbocycles. The fourth-order valence-corrected chi connectivity index (χ4v) is 1.18. The molecule has 0 saturated heterocycles. The number of carbonyl (C=O) groups excluding carboxylic acids is 4. The largest absolute Gasteiger partial charge is 0.550 e. The SMILES string of the molecule is O=C([O-])CCC(=O)OCCN1C(=O)C=CC1=O. The lowest BCUT2D eigenvalue weighted by atomic mass is 10.3. The molecule has 2 amide bonds. The summed E-state index contributed by atoms with van der Waals surface area (Å²) in [5.41, 5.74) is 0. The molecule has 0 aromatic rings. The molecule has 7 nitrogen and oxygen atoms in total. The Morgan fingerprint density at radius 1 is 1.18 bits per heavy atom. The van der Waals surface area contributed by atoms with Crippen LogP contribution in [0.3, 0.4) is 0 Å². The second kappa shape index (κ2) is 5.78. The molecule has 92 valence electrons. The summed E-state index contributed by atoms with van der Waals surface area (Å²) in [4.78, 5) is 44.1.